The molecular weight excluding hydrogens is 304 g/mol. The van der Waals surface area contributed by atoms with Crippen LogP contribution in [-0.4, -0.2) is 18.2 Å². The number of aromatic amines is 1. The van der Waals surface area contributed by atoms with Crippen molar-refractivity contribution in [1.29, 1.82) is 0 Å². The maximum Gasteiger partial charge on any atom is 0.294 e. The van der Waals surface area contributed by atoms with Crippen LogP contribution in [-0.2, 0) is 0 Å². The zero-order chi connectivity index (χ0) is 17.5. The van der Waals surface area contributed by atoms with Crippen molar-refractivity contribution < 1.29 is 9.47 Å². The third kappa shape index (κ3) is 4.43. The van der Waals surface area contributed by atoms with E-state index < -0.39 is 0 Å². The zero-order valence-corrected chi connectivity index (χ0v) is 14.9. The SMILES string of the molecule is CCCCOc1c(OCC(C)CCC)c(=O)[nH]c2cc(N)ccc12. The van der Waals surface area contributed by atoms with Crippen LogP contribution in [0.1, 0.15) is 46.5 Å². The van der Waals surface area contributed by atoms with Gasteiger partial charge in [-0.25, -0.2) is 0 Å². The molecule has 0 radical (unpaired) electrons. The van der Waals surface area contributed by atoms with Gasteiger partial charge in [-0.1, -0.05) is 33.6 Å². The molecule has 0 spiro atoms. The number of fused-ring (bicyclic) bond motifs is 1. The highest BCUT2D eigenvalue weighted by Crippen LogP contribution is 2.33. The minimum Gasteiger partial charge on any atom is -0.489 e. The average molecular weight is 332 g/mol. The summed E-state index contributed by atoms with van der Waals surface area (Å²) in [6, 6.07) is 5.41. The van der Waals surface area contributed by atoms with Crippen molar-refractivity contribution in [1.82, 2.24) is 4.98 Å². The Morgan fingerprint density at radius 1 is 1.17 bits per heavy atom. The lowest BCUT2D eigenvalue weighted by atomic mass is 10.1. The van der Waals surface area contributed by atoms with Gasteiger partial charge < -0.3 is 20.2 Å². The van der Waals surface area contributed by atoms with Gasteiger partial charge in [-0.15, -0.1) is 0 Å². The minimum atomic E-state index is -0.275. The molecule has 0 bridgehead atoms. The predicted octanol–water partition coefficient (Wildman–Crippen LogP) is 4.10. The van der Waals surface area contributed by atoms with E-state index in [1.54, 1.807) is 12.1 Å². The summed E-state index contributed by atoms with van der Waals surface area (Å²) in [5.41, 5.74) is 6.81. The Morgan fingerprint density at radius 3 is 2.67 bits per heavy atom. The van der Waals surface area contributed by atoms with Gasteiger partial charge in [-0.2, -0.15) is 0 Å². The quantitative estimate of drug-likeness (QED) is 0.535. The Hall–Kier alpha value is -2.17. The molecular formula is C19H28N2O3. The minimum absolute atomic E-state index is 0.270. The number of H-pyrrole nitrogens is 1. The van der Waals surface area contributed by atoms with E-state index in [0.717, 1.165) is 31.1 Å². The van der Waals surface area contributed by atoms with E-state index in [1.807, 2.05) is 6.07 Å². The first kappa shape index (κ1) is 18.2. The fourth-order valence-electron chi connectivity index (χ4n) is 2.66. The Labute approximate surface area is 143 Å². The molecule has 0 aliphatic rings. The molecule has 1 aromatic carbocycles. The van der Waals surface area contributed by atoms with Crippen LogP contribution in [0.25, 0.3) is 10.9 Å². The van der Waals surface area contributed by atoms with Crippen molar-refractivity contribution in [2.45, 2.75) is 46.5 Å². The Balaban J connectivity index is 2.39. The lowest BCUT2D eigenvalue weighted by molar-refractivity contribution is 0.228. The van der Waals surface area contributed by atoms with Gasteiger partial charge in [0.15, 0.2) is 5.75 Å². The van der Waals surface area contributed by atoms with E-state index in [1.165, 1.54) is 0 Å². The summed E-state index contributed by atoms with van der Waals surface area (Å²) in [7, 11) is 0. The van der Waals surface area contributed by atoms with Crippen molar-refractivity contribution in [3.05, 3.63) is 28.6 Å². The summed E-state index contributed by atoms with van der Waals surface area (Å²) >= 11 is 0. The number of pyridine rings is 1. The summed E-state index contributed by atoms with van der Waals surface area (Å²) in [4.78, 5) is 15.3. The zero-order valence-electron chi connectivity index (χ0n) is 14.9. The Morgan fingerprint density at radius 2 is 1.96 bits per heavy atom. The van der Waals surface area contributed by atoms with Gasteiger partial charge in [-0.3, -0.25) is 4.79 Å². The first-order valence-electron chi connectivity index (χ1n) is 8.77. The molecule has 3 N–H and O–H groups in total. The maximum absolute atomic E-state index is 12.5. The number of rotatable bonds is 9. The summed E-state index contributed by atoms with van der Waals surface area (Å²) in [5.74, 6) is 1.18. The van der Waals surface area contributed by atoms with Crippen LogP contribution < -0.4 is 20.8 Å². The summed E-state index contributed by atoms with van der Waals surface area (Å²) < 4.78 is 11.8. The second kappa shape index (κ2) is 8.62. The number of hydrogen-bond donors (Lipinski definition) is 2. The van der Waals surface area contributed by atoms with Crippen LogP contribution in [0.5, 0.6) is 11.5 Å². The van der Waals surface area contributed by atoms with Gasteiger partial charge in [0.1, 0.15) is 0 Å². The normalized spacial score (nSPS) is 12.3. The number of benzene rings is 1. The van der Waals surface area contributed by atoms with Gasteiger partial charge in [0, 0.05) is 11.1 Å². The molecule has 1 unspecified atom stereocenters. The third-order valence-corrected chi connectivity index (χ3v) is 3.99. The number of nitrogens with two attached hydrogens (primary N) is 1. The van der Waals surface area contributed by atoms with Crippen molar-refractivity contribution in [2.75, 3.05) is 18.9 Å². The molecule has 5 heteroatoms. The van der Waals surface area contributed by atoms with E-state index in [9.17, 15) is 4.79 Å². The summed E-state index contributed by atoms with van der Waals surface area (Å²) in [6.45, 7) is 7.42. The fraction of sp³-hybridized carbons (Fsp3) is 0.526. The fourth-order valence-corrected chi connectivity index (χ4v) is 2.66. The first-order chi connectivity index (χ1) is 11.6. The van der Waals surface area contributed by atoms with Crippen molar-refractivity contribution in [3.63, 3.8) is 0 Å². The molecule has 0 amide bonds. The molecule has 0 saturated carbocycles. The smallest absolute Gasteiger partial charge is 0.294 e. The summed E-state index contributed by atoms with van der Waals surface area (Å²) in [5, 5.41) is 0.818. The third-order valence-electron chi connectivity index (χ3n) is 3.99. The van der Waals surface area contributed by atoms with Gasteiger partial charge in [-0.05, 0) is 37.0 Å². The van der Waals surface area contributed by atoms with Crippen LogP contribution >= 0.6 is 0 Å². The summed E-state index contributed by atoms with van der Waals surface area (Å²) in [6.07, 6.45) is 4.11. The number of nitrogen functional groups attached to an aromatic ring is 1. The van der Waals surface area contributed by atoms with E-state index >= 15 is 0 Å². The van der Waals surface area contributed by atoms with Gasteiger partial charge in [0.2, 0.25) is 5.75 Å². The number of anilines is 1. The molecule has 2 rings (SSSR count). The van der Waals surface area contributed by atoms with E-state index in [-0.39, 0.29) is 11.3 Å². The largest absolute Gasteiger partial charge is 0.489 e. The van der Waals surface area contributed by atoms with Crippen molar-refractivity contribution in [3.8, 4) is 11.5 Å². The number of nitrogens with one attached hydrogen (secondary N) is 1. The topological polar surface area (TPSA) is 77.3 Å². The number of hydrogen-bond acceptors (Lipinski definition) is 4. The van der Waals surface area contributed by atoms with Crippen LogP contribution in [0.2, 0.25) is 0 Å². The molecule has 132 valence electrons. The van der Waals surface area contributed by atoms with Crippen molar-refractivity contribution >= 4 is 16.6 Å². The molecule has 0 fully saturated rings. The lowest BCUT2D eigenvalue weighted by Crippen LogP contribution is -2.17. The number of aromatic nitrogens is 1. The molecule has 0 aliphatic carbocycles. The molecule has 24 heavy (non-hydrogen) atoms. The molecule has 0 saturated heterocycles. The second-order valence-corrected chi connectivity index (χ2v) is 6.32. The van der Waals surface area contributed by atoms with Crippen LogP contribution in [0.4, 0.5) is 5.69 Å². The van der Waals surface area contributed by atoms with E-state index in [0.29, 0.717) is 36.1 Å². The molecule has 2 aromatic rings. The van der Waals surface area contributed by atoms with Crippen molar-refractivity contribution in [2.24, 2.45) is 5.92 Å². The van der Waals surface area contributed by atoms with Crippen LogP contribution in [0, 0.1) is 5.92 Å². The molecule has 5 nitrogen and oxygen atoms in total. The first-order valence-corrected chi connectivity index (χ1v) is 8.77. The molecule has 1 heterocycles. The number of unbranched alkanes of at least 4 members (excludes halogenated alkanes) is 1. The van der Waals surface area contributed by atoms with E-state index in [2.05, 4.69) is 25.8 Å². The Bertz CT molecular complexity index is 724. The predicted molar refractivity (Wildman–Crippen MR) is 99.0 cm³/mol. The Kier molecular flexibility index (Phi) is 6.53. The highest BCUT2D eigenvalue weighted by Gasteiger charge is 2.17. The highest BCUT2D eigenvalue weighted by molar-refractivity contribution is 5.89. The molecule has 1 aromatic heterocycles. The molecule has 0 aliphatic heterocycles. The van der Waals surface area contributed by atoms with Crippen LogP contribution in [0.3, 0.4) is 0 Å². The standard InChI is InChI=1S/C19H28N2O3/c1-4-6-10-23-17-15-9-8-14(20)11-16(15)21-19(22)18(17)24-12-13(3)7-5-2/h8-9,11,13H,4-7,10,12,20H2,1-3H3,(H,21,22). The van der Waals surface area contributed by atoms with Gasteiger partial charge in [0.25, 0.3) is 5.56 Å². The monoisotopic (exact) mass is 332 g/mol. The second-order valence-electron chi connectivity index (χ2n) is 6.32. The van der Waals surface area contributed by atoms with Gasteiger partial charge >= 0.3 is 0 Å². The van der Waals surface area contributed by atoms with E-state index in [4.69, 9.17) is 15.2 Å². The number of ether oxygens (including phenoxy) is 2. The van der Waals surface area contributed by atoms with Gasteiger partial charge in [0.05, 0.1) is 18.7 Å². The maximum atomic E-state index is 12.5. The molecule has 1 atom stereocenters. The van der Waals surface area contributed by atoms with Crippen LogP contribution in [0.15, 0.2) is 23.0 Å². The lowest BCUT2D eigenvalue weighted by Gasteiger charge is -2.16. The average Bonchev–Trinajstić information content (AvgIpc) is 2.54. The highest BCUT2D eigenvalue weighted by atomic mass is 16.5.